The Morgan fingerprint density at radius 3 is 2.23 bits per heavy atom. The van der Waals surface area contributed by atoms with Gasteiger partial charge in [-0.05, 0) is 31.1 Å². The Hall–Kier alpha value is -0.530. The van der Waals surface area contributed by atoms with E-state index in [4.69, 9.17) is 0 Å². The molecule has 0 N–H and O–H groups in total. The highest BCUT2D eigenvalue weighted by atomic mass is 16.2. The van der Waals surface area contributed by atoms with Crippen LogP contribution in [0.2, 0.25) is 0 Å². The van der Waals surface area contributed by atoms with Crippen molar-refractivity contribution in [2.24, 2.45) is 5.41 Å². The van der Waals surface area contributed by atoms with Gasteiger partial charge in [0.15, 0.2) is 0 Å². The van der Waals surface area contributed by atoms with Crippen molar-refractivity contribution >= 4 is 5.91 Å². The summed E-state index contributed by atoms with van der Waals surface area (Å²) in [5, 5.41) is 0. The quantitative estimate of drug-likeness (QED) is 0.607. The molecule has 13 heavy (non-hydrogen) atoms. The number of amides is 1. The third-order valence-corrected chi connectivity index (χ3v) is 3.89. The van der Waals surface area contributed by atoms with Gasteiger partial charge in [-0.25, -0.2) is 0 Å². The first-order chi connectivity index (χ1) is 6.26. The third-order valence-electron chi connectivity index (χ3n) is 3.89. The van der Waals surface area contributed by atoms with Crippen LogP contribution in [0, 0.1) is 5.41 Å². The molecule has 0 aromatic heterocycles. The molecule has 1 aliphatic carbocycles. The van der Waals surface area contributed by atoms with Crippen LogP contribution in [0.15, 0.2) is 0 Å². The van der Waals surface area contributed by atoms with Gasteiger partial charge in [0.1, 0.15) is 0 Å². The van der Waals surface area contributed by atoms with Gasteiger partial charge < -0.3 is 4.90 Å². The van der Waals surface area contributed by atoms with E-state index in [-0.39, 0.29) is 0 Å². The summed E-state index contributed by atoms with van der Waals surface area (Å²) in [4.78, 5) is 13.5. The smallest absolute Gasteiger partial charge is 0.222 e. The number of likely N-dealkylation sites (tertiary alicyclic amines) is 1. The number of piperidine rings is 1. The predicted octanol–water partition coefficient (Wildman–Crippen LogP) is 2.19. The van der Waals surface area contributed by atoms with Crippen LogP contribution in [0.5, 0.6) is 0 Å². The monoisotopic (exact) mass is 181 g/mol. The second kappa shape index (κ2) is 3.32. The first kappa shape index (κ1) is 9.04. The van der Waals surface area contributed by atoms with Crippen molar-refractivity contribution in [1.82, 2.24) is 4.90 Å². The Morgan fingerprint density at radius 1 is 1.23 bits per heavy atom. The fourth-order valence-electron chi connectivity index (χ4n) is 2.63. The molecule has 0 atom stereocenters. The summed E-state index contributed by atoms with van der Waals surface area (Å²) in [7, 11) is 0. The second-order valence-electron chi connectivity index (χ2n) is 4.59. The minimum atomic E-state index is 0.342. The summed E-state index contributed by atoms with van der Waals surface area (Å²) in [6.45, 7) is 4.00. The predicted molar refractivity (Wildman–Crippen MR) is 52.4 cm³/mol. The standard InChI is InChI=1S/C11H19NO/c1-2-10(13)12-8-6-11(7-9-12)4-3-5-11/h2-9H2,1H3. The van der Waals surface area contributed by atoms with Crippen LogP contribution in [-0.4, -0.2) is 23.9 Å². The van der Waals surface area contributed by atoms with E-state index in [1.165, 1.54) is 32.1 Å². The average Bonchev–Trinajstić information content (AvgIpc) is 2.14. The van der Waals surface area contributed by atoms with E-state index < -0.39 is 0 Å². The topological polar surface area (TPSA) is 20.3 Å². The summed E-state index contributed by atoms with van der Waals surface area (Å²) in [5.41, 5.74) is 0.671. The SMILES string of the molecule is CCC(=O)N1CCC2(CCC2)CC1. The van der Waals surface area contributed by atoms with Gasteiger partial charge >= 0.3 is 0 Å². The van der Waals surface area contributed by atoms with Crippen molar-refractivity contribution in [3.63, 3.8) is 0 Å². The highest BCUT2D eigenvalue weighted by Crippen LogP contribution is 2.48. The molecule has 2 heteroatoms. The lowest BCUT2D eigenvalue weighted by molar-refractivity contribution is -0.134. The normalized spacial score (nSPS) is 25.8. The molecule has 1 spiro atoms. The lowest BCUT2D eigenvalue weighted by atomic mass is 9.63. The number of carbonyl (C=O) groups is 1. The molecular formula is C11H19NO. The van der Waals surface area contributed by atoms with Gasteiger partial charge in [-0.15, -0.1) is 0 Å². The maximum atomic E-state index is 11.4. The van der Waals surface area contributed by atoms with Crippen molar-refractivity contribution in [3.05, 3.63) is 0 Å². The van der Waals surface area contributed by atoms with Crippen LogP contribution in [0.4, 0.5) is 0 Å². The van der Waals surface area contributed by atoms with E-state index in [0.29, 0.717) is 17.7 Å². The second-order valence-corrected chi connectivity index (χ2v) is 4.59. The molecule has 1 amide bonds. The fraction of sp³-hybridized carbons (Fsp3) is 0.909. The fourth-order valence-corrected chi connectivity index (χ4v) is 2.63. The van der Waals surface area contributed by atoms with E-state index in [1.54, 1.807) is 0 Å². The molecule has 2 rings (SSSR count). The summed E-state index contributed by atoms with van der Waals surface area (Å²) in [6.07, 6.45) is 7.45. The van der Waals surface area contributed by atoms with Crippen LogP contribution in [0.1, 0.15) is 45.4 Å². The van der Waals surface area contributed by atoms with Gasteiger partial charge in [0, 0.05) is 19.5 Å². The van der Waals surface area contributed by atoms with Crippen molar-refractivity contribution in [3.8, 4) is 0 Å². The Balaban J connectivity index is 1.85. The largest absolute Gasteiger partial charge is 0.343 e. The van der Waals surface area contributed by atoms with Gasteiger partial charge in [0.25, 0.3) is 0 Å². The number of carbonyl (C=O) groups excluding carboxylic acids is 1. The Labute approximate surface area is 80.3 Å². The minimum absolute atomic E-state index is 0.342. The number of hydrogen-bond acceptors (Lipinski definition) is 1. The molecule has 0 unspecified atom stereocenters. The van der Waals surface area contributed by atoms with Crippen LogP contribution < -0.4 is 0 Å². The number of nitrogens with zero attached hydrogens (tertiary/aromatic N) is 1. The Bertz CT molecular complexity index is 198. The maximum Gasteiger partial charge on any atom is 0.222 e. The molecule has 0 bridgehead atoms. The van der Waals surface area contributed by atoms with E-state index in [1.807, 2.05) is 11.8 Å². The van der Waals surface area contributed by atoms with Crippen molar-refractivity contribution in [2.45, 2.75) is 45.4 Å². The Kier molecular flexibility index (Phi) is 2.31. The van der Waals surface area contributed by atoms with Gasteiger partial charge in [0.05, 0.1) is 0 Å². The molecule has 0 radical (unpaired) electrons. The van der Waals surface area contributed by atoms with Gasteiger partial charge in [-0.2, -0.15) is 0 Å². The number of rotatable bonds is 1. The molecule has 1 saturated carbocycles. The molecule has 0 aromatic rings. The van der Waals surface area contributed by atoms with Crippen LogP contribution in [0.25, 0.3) is 0 Å². The zero-order valence-electron chi connectivity index (χ0n) is 8.51. The molecular weight excluding hydrogens is 162 g/mol. The maximum absolute atomic E-state index is 11.4. The molecule has 1 heterocycles. The van der Waals surface area contributed by atoms with Crippen LogP contribution in [-0.2, 0) is 4.79 Å². The summed E-state index contributed by atoms with van der Waals surface area (Å²) >= 11 is 0. The van der Waals surface area contributed by atoms with Gasteiger partial charge in [0.2, 0.25) is 5.91 Å². The lowest BCUT2D eigenvalue weighted by Gasteiger charge is -2.48. The minimum Gasteiger partial charge on any atom is -0.343 e. The lowest BCUT2D eigenvalue weighted by Crippen LogP contribution is -2.45. The zero-order valence-corrected chi connectivity index (χ0v) is 8.51. The van der Waals surface area contributed by atoms with Crippen molar-refractivity contribution < 1.29 is 4.79 Å². The van der Waals surface area contributed by atoms with E-state index in [2.05, 4.69) is 0 Å². The molecule has 74 valence electrons. The van der Waals surface area contributed by atoms with Crippen molar-refractivity contribution in [2.75, 3.05) is 13.1 Å². The molecule has 2 nitrogen and oxygen atoms in total. The van der Waals surface area contributed by atoms with Gasteiger partial charge in [-0.3, -0.25) is 4.79 Å². The number of hydrogen-bond donors (Lipinski definition) is 0. The first-order valence-electron chi connectivity index (χ1n) is 5.54. The van der Waals surface area contributed by atoms with E-state index in [0.717, 1.165) is 13.1 Å². The molecule has 2 aliphatic rings. The summed E-state index contributed by atoms with van der Waals surface area (Å²) in [5.74, 6) is 0.342. The first-order valence-corrected chi connectivity index (χ1v) is 5.54. The Morgan fingerprint density at radius 2 is 1.85 bits per heavy atom. The van der Waals surface area contributed by atoms with Crippen molar-refractivity contribution in [1.29, 1.82) is 0 Å². The summed E-state index contributed by atoms with van der Waals surface area (Å²) in [6, 6.07) is 0. The highest BCUT2D eigenvalue weighted by molar-refractivity contribution is 5.75. The molecule has 2 fully saturated rings. The molecule has 0 aromatic carbocycles. The van der Waals surface area contributed by atoms with E-state index in [9.17, 15) is 4.79 Å². The molecule has 1 aliphatic heterocycles. The van der Waals surface area contributed by atoms with E-state index >= 15 is 0 Å². The van der Waals surface area contributed by atoms with Crippen LogP contribution >= 0.6 is 0 Å². The van der Waals surface area contributed by atoms with Gasteiger partial charge in [-0.1, -0.05) is 13.3 Å². The molecule has 1 saturated heterocycles. The third kappa shape index (κ3) is 1.59. The average molecular weight is 181 g/mol. The zero-order chi connectivity index (χ0) is 9.31. The summed E-state index contributed by atoms with van der Waals surface area (Å²) < 4.78 is 0. The highest BCUT2D eigenvalue weighted by Gasteiger charge is 2.39. The van der Waals surface area contributed by atoms with Crippen LogP contribution in [0.3, 0.4) is 0 Å².